The number of likely N-dealkylation sites (N-methyl/N-ethyl adjacent to an activating group) is 1. The van der Waals surface area contributed by atoms with Crippen LogP contribution in [0.3, 0.4) is 0 Å². The van der Waals surface area contributed by atoms with Gasteiger partial charge in [-0.2, -0.15) is 0 Å². The van der Waals surface area contributed by atoms with Gasteiger partial charge in [0.2, 0.25) is 0 Å². The first-order chi connectivity index (χ1) is 7.66. The lowest BCUT2D eigenvalue weighted by molar-refractivity contribution is 0.369. The van der Waals surface area contributed by atoms with Gasteiger partial charge in [0.15, 0.2) is 0 Å². The zero-order valence-electron chi connectivity index (χ0n) is 10.4. The van der Waals surface area contributed by atoms with Gasteiger partial charge in [-0.1, -0.05) is 26.0 Å². The van der Waals surface area contributed by atoms with Crippen LogP contribution in [-0.2, 0) is 0 Å². The molecule has 2 heteroatoms. The maximum absolute atomic E-state index is 4.56. The Morgan fingerprint density at radius 1 is 1.31 bits per heavy atom. The highest BCUT2D eigenvalue weighted by Gasteiger charge is 2.10. The monoisotopic (exact) mass is 216 g/mol. The van der Waals surface area contributed by atoms with E-state index in [4.69, 9.17) is 0 Å². The number of nitrogens with zero attached hydrogens (tertiary/aromatic N) is 2. The molecule has 0 atom stereocenters. The molecule has 0 saturated heterocycles. The summed E-state index contributed by atoms with van der Waals surface area (Å²) in [6.07, 6.45) is 5.42. The Balaban J connectivity index is 2.16. The van der Waals surface area contributed by atoms with E-state index in [1.165, 1.54) is 11.1 Å². The molecule has 16 heavy (non-hydrogen) atoms. The number of hydrogen-bond donors (Lipinski definition) is 0. The third kappa shape index (κ3) is 2.50. The molecule has 0 aromatic carbocycles. The molecule has 2 rings (SSSR count). The molecule has 0 spiro atoms. The van der Waals surface area contributed by atoms with Crippen LogP contribution in [0.2, 0.25) is 0 Å². The Labute approximate surface area is 98.0 Å². The van der Waals surface area contributed by atoms with Crippen LogP contribution in [0.25, 0.3) is 5.57 Å². The van der Waals surface area contributed by atoms with Gasteiger partial charge >= 0.3 is 0 Å². The molecule has 0 N–H and O–H groups in total. The van der Waals surface area contributed by atoms with Crippen molar-refractivity contribution in [1.29, 1.82) is 0 Å². The quantitative estimate of drug-likeness (QED) is 0.755. The molecule has 0 unspecified atom stereocenters. The van der Waals surface area contributed by atoms with Crippen molar-refractivity contribution in [3.63, 3.8) is 0 Å². The van der Waals surface area contributed by atoms with E-state index < -0.39 is 0 Å². The van der Waals surface area contributed by atoms with Gasteiger partial charge in [0, 0.05) is 19.3 Å². The van der Waals surface area contributed by atoms with Crippen LogP contribution < -0.4 is 0 Å². The van der Waals surface area contributed by atoms with Crippen molar-refractivity contribution in [2.75, 3.05) is 20.1 Å². The molecule has 0 amide bonds. The molecule has 2 nitrogen and oxygen atoms in total. The van der Waals surface area contributed by atoms with Crippen molar-refractivity contribution in [2.45, 2.75) is 26.2 Å². The fourth-order valence-electron chi connectivity index (χ4n) is 1.94. The van der Waals surface area contributed by atoms with Crippen molar-refractivity contribution in [3.05, 3.63) is 35.7 Å². The zero-order chi connectivity index (χ0) is 11.5. The van der Waals surface area contributed by atoms with E-state index in [1.54, 1.807) is 0 Å². The molecule has 0 saturated carbocycles. The lowest BCUT2D eigenvalue weighted by Gasteiger charge is -2.21. The minimum Gasteiger partial charge on any atom is -0.302 e. The molecule has 0 bridgehead atoms. The summed E-state index contributed by atoms with van der Waals surface area (Å²) in [6.45, 7) is 6.58. The summed E-state index contributed by atoms with van der Waals surface area (Å²) in [5.41, 5.74) is 3.86. The Hall–Kier alpha value is -1.15. The standard InChI is InChI=1S/C14H20N2/c1-11(2)13-4-5-14(15-10-13)12-6-8-16(3)9-7-12/h4-6,10-11H,7-9H2,1-3H3. The molecule has 1 aliphatic heterocycles. The van der Waals surface area contributed by atoms with E-state index in [-0.39, 0.29) is 0 Å². The lowest BCUT2D eigenvalue weighted by atomic mass is 10.0. The summed E-state index contributed by atoms with van der Waals surface area (Å²) in [5.74, 6) is 0.563. The van der Waals surface area contributed by atoms with Gasteiger partial charge in [-0.3, -0.25) is 4.98 Å². The highest BCUT2D eigenvalue weighted by atomic mass is 15.1. The smallest absolute Gasteiger partial charge is 0.0659 e. The van der Waals surface area contributed by atoms with Gasteiger partial charge in [0.1, 0.15) is 0 Å². The summed E-state index contributed by atoms with van der Waals surface area (Å²) >= 11 is 0. The first kappa shape index (κ1) is 11.3. The summed E-state index contributed by atoms with van der Waals surface area (Å²) in [4.78, 5) is 6.89. The van der Waals surface area contributed by atoms with Gasteiger partial charge < -0.3 is 4.90 Å². The molecule has 1 aromatic rings. The van der Waals surface area contributed by atoms with Crippen LogP contribution in [0.15, 0.2) is 24.4 Å². The third-order valence-electron chi connectivity index (χ3n) is 3.19. The van der Waals surface area contributed by atoms with Gasteiger partial charge in [-0.15, -0.1) is 0 Å². The predicted molar refractivity (Wildman–Crippen MR) is 68.4 cm³/mol. The predicted octanol–water partition coefficient (Wildman–Crippen LogP) is 2.92. The Morgan fingerprint density at radius 3 is 2.62 bits per heavy atom. The molecule has 0 radical (unpaired) electrons. The van der Waals surface area contributed by atoms with E-state index >= 15 is 0 Å². The van der Waals surface area contributed by atoms with Gasteiger partial charge in [0.25, 0.3) is 0 Å². The van der Waals surface area contributed by atoms with Crippen LogP contribution >= 0.6 is 0 Å². The molecule has 1 aromatic heterocycles. The second kappa shape index (κ2) is 4.79. The van der Waals surface area contributed by atoms with Crippen LogP contribution in [0.4, 0.5) is 0 Å². The average Bonchev–Trinajstić information content (AvgIpc) is 2.30. The SMILES string of the molecule is CC(C)c1ccc(C2=CCN(C)CC2)nc1. The van der Waals surface area contributed by atoms with Crippen molar-refractivity contribution in [2.24, 2.45) is 0 Å². The first-order valence-corrected chi connectivity index (χ1v) is 6.00. The zero-order valence-corrected chi connectivity index (χ0v) is 10.4. The summed E-state index contributed by atoms with van der Waals surface area (Å²) in [7, 11) is 2.16. The lowest BCUT2D eigenvalue weighted by Crippen LogP contribution is -2.23. The molecule has 0 aliphatic carbocycles. The van der Waals surface area contributed by atoms with Gasteiger partial charge in [0.05, 0.1) is 5.69 Å². The van der Waals surface area contributed by atoms with Crippen molar-refractivity contribution >= 4 is 5.57 Å². The number of pyridine rings is 1. The molecule has 86 valence electrons. The van der Waals surface area contributed by atoms with Crippen molar-refractivity contribution in [3.8, 4) is 0 Å². The topological polar surface area (TPSA) is 16.1 Å². The largest absolute Gasteiger partial charge is 0.302 e. The Morgan fingerprint density at radius 2 is 2.12 bits per heavy atom. The van der Waals surface area contributed by atoms with Crippen molar-refractivity contribution in [1.82, 2.24) is 9.88 Å². The van der Waals surface area contributed by atoms with E-state index in [2.05, 4.69) is 49.0 Å². The Kier molecular flexibility index (Phi) is 3.39. The second-order valence-corrected chi connectivity index (χ2v) is 4.87. The van der Waals surface area contributed by atoms with Crippen molar-refractivity contribution < 1.29 is 0 Å². The fraction of sp³-hybridized carbons (Fsp3) is 0.500. The highest BCUT2D eigenvalue weighted by molar-refractivity contribution is 5.63. The maximum atomic E-state index is 4.56. The summed E-state index contributed by atoms with van der Waals surface area (Å²) in [5, 5.41) is 0. The summed E-state index contributed by atoms with van der Waals surface area (Å²) in [6, 6.07) is 4.36. The van der Waals surface area contributed by atoms with E-state index in [1.807, 2.05) is 6.20 Å². The average molecular weight is 216 g/mol. The maximum Gasteiger partial charge on any atom is 0.0659 e. The summed E-state index contributed by atoms with van der Waals surface area (Å²) < 4.78 is 0. The molecule has 2 heterocycles. The third-order valence-corrected chi connectivity index (χ3v) is 3.19. The first-order valence-electron chi connectivity index (χ1n) is 6.00. The number of rotatable bonds is 2. The Bertz CT molecular complexity index is 376. The van der Waals surface area contributed by atoms with Crippen LogP contribution in [0.5, 0.6) is 0 Å². The fourth-order valence-corrected chi connectivity index (χ4v) is 1.94. The second-order valence-electron chi connectivity index (χ2n) is 4.87. The van der Waals surface area contributed by atoms with Gasteiger partial charge in [-0.05, 0) is 36.6 Å². The van der Waals surface area contributed by atoms with E-state index in [9.17, 15) is 0 Å². The molecule has 0 fully saturated rings. The normalized spacial score (nSPS) is 17.6. The van der Waals surface area contributed by atoms with Crippen LogP contribution in [-0.4, -0.2) is 30.0 Å². The molecular weight excluding hydrogens is 196 g/mol. The van der Waals surface area contributed by atoms with E-state index in [0.717, 1.165) is 25.2 Å². The van der Waals surface area contributed by atoms with Crippen LogP contribution in [0, 0.1) is 0 Å². The molecular formula is C14H20N2. The van der Waals surface area contributed by atoms with Gasteiger partial charge in [-0.25, -0.2) is 0 Å². The number of aromatic nitrogens is 1. The number of hydrogen-bond acceptors (Lipinski definition) is 2. The minimum atomic E-state index is 0.563. The minimum absolute atomic E-state index is 0.563. The van der Waals surface area contributed by atoms with E-state index in [0.29, 0.717) is 5.92 Å². The molecule has 1 aliphatic rings. The van der Waals surface area contributed by atoms with Crippen LogP contribution in [0.1, 0.15) is 37.4 Å². The highest BCUT2D eigenvalue weighted by Crippen LogP contribution is 2.21.